The number of aliphatic hydroxyl groups excluding tert-OH is 1. The van der Waals surface area contributed by atoms with Crippen LogP contribution in [0.1, 0.15) is 44.6 Å². The average Bonchev–Trinajstić information content (AvgIpc) is 3.66. The molecule has 0 aromatic heterocycles. The summed E-state index contributed by atoms with van der Waals surface area (Å²) in [5.41, 5.74) is -0.924. The lowest BCUT2D eigenvalue weighted by atomic mass is 9.90. The first-order valence-corrected chi connectivity index (χ1v) is 13.6. The van der Waals surface area contributed by atoms with Crippen molar-refractivity contribution in [1.82, 2.24) is 14.7 Å². The maximum Gasteiger partial charge on any atom is 0.417 e. The number of alkyl halides is 3. The van der Waals surface area contributed by atoms with Crippen LogP contribution >= 0.6 is 11.6 Å². The summed E-state index contributed by atoms with van der Waals surface area (Å²) in [5.74, 6) is -0.336. The number of aliphatic hydroxyl groups is 1. The van der Waals surface area contributed by atoms with Crippen LogP contribution in [0.25, 0.3) is 0 Å². The van der Waals surface area contributed by atoms with Gasteiger partial charge in [-0.2, -0.15) is 13.2 Å². The first-order chi connectivity index (χ1) is 18.4. The monoisotopic (exact) mass is 572 g/mol. The Kier molecular flexibility index (Phi) is 7.49. The van der Waals surface area contributed by atoms with Gasteiger partial charge in [-0.15, -0.1) is 0 Å². The summed E-state index contributed by atoms with van der Waals surface area (Å²) in [4.78, 5) is 44.0. The summed E-state index contributed by atoms with van der Waals surface area (Å²) in [6.45, 7) is 3.24. The van der Waals surface area contributed by atoms with Crippen molar-refractivity contribution < 1.29 is 37.4 Å². The summed E-state index contributed by atoms with van der Waals surface area (Å²) < 4.78 is 44.7. The number of β-amino-alcohol motifs (C(OH)–C–C–N with tert-alkyl or cyclic N) is 1. The van der Waals surface area contributed by atoms with Gasteiger partial charge in [0.25, 0.3) is 0 Å². The number of piperidine rings is 1. The second-order valence-corrected chi connectivity index (χ2v) is 11.5. The molecule has 4 atom stereocenters. The summed E-state index contributed by atoms with van der Waals surface area (Å²) in [6, 6.07) is 0.711. The molecule has 3 heterocycles. The van der Waals surface area contributed by atoms with Crippen LogP contribution in [0.2, 0.25) is 5.02 Å². The van der Waals surface area contributed by atoms with Gasteiger partial charge >= 0.3 is 12.2 Å². The van der Waals surface area contributed by atoms with E-state index in [-0.39, 0.29) is 55.1 Å². The van der Waals surface area contributed by atoms with Crippen LogP contribution in [0.15, 0.2) is 18.2 Å². The van der Waals surface area contributed by atoms with Gasteiger partial charge in [-0.1, -0.05) is 11.6 Å². The molecular formula is C26H32ClF3N4O5. The predicted octanol–water partition coefficient (Wildman–Crippen LogP) is 3.34. The highest BCUT2D eigenvalue weighted by Gasteiger charge is 2.52. The van der Waals surface area contributed by atoms with E-state index < -0.39 is 41.0 Å². The highest BCUT2D eigenvalue weighted by molar-refractivity contribution is 6.31. The molecule has 1 aromatic rings. The minimum atomic E-state index is -4.62. The zero-order chi connectivity index (χ0) is 28.1. The molecule has 0 bridgehead atoms. The van der Waals surface area contributed by atoms with Crippen molar-refractivity contribution >= 4 is 35.1 Å². The lowest BCUT2D eigenvalue weighted by Gasteiger charge is -2.50. The molecular weight excluding hydrogens is 541 g/mol. The molecule has 5 rings (SSSR count). The number of ether oxygens (including phenoxy) is 1. The van der Waals surface area contributed by atoms with E-state index in [2.05, 4.69) is 5.32 Å². The van der Waals surface area contributed by atoms with Crippen LogP contribution in [0, 0.1) is 5.41 Å². The van der Waals surface area contributed by atoms with Crippen molar-refractivity contribution in [3.05, 3.63) is 28.8 Å². The third-order valence-electron chi connectivity index (χ3n) is 8.60. The van der Waals surface area contributed by atoms with Crippen molar-refractivity contribution in [3.63, 3.8) is 0 Å². The van der Waals surface area contributed by atoms with Crippen LogP contribution in [0.4, 0.5) is 23.7 Å². The number of piperazine rings is 1. The summed E-state index contributed by atoms with van der Waals surface area (Å²) in [7, 11) is 0. The number of nitrogens with zero attached hydrogens (tertiary/aromatic N) is 3. The lowest BCUT2D eigenvalue weighted by molar-refractivity contribution is -0.160. The third kappa shape index (κ3) is 5.55. The number of carbonyl (C=O) groups is 3. The van der Waals surface area contributed by atoms with Gasteiger partial charge in [0.15, 0.2) is 0 Å². The van der Waals surface area contributed by atoms with Crippen molar-refractivity contribution in [2.75, 3.05) is 38.2 Å². The Morgan fingerprint density at radius 3 is 2.59 bits per heavy atom. The average molecular weight is 573 g/mol. The van der Waals surface area contributed by atoms with E-state index >= 15 is 0 Å². The standard InChI is InChI=1S/C26H32ClF3N4O5/c1-15-23(37)34-17(3-5-22(36)32-9-8-25(6-7-25)21(35)12-32)13-39-14-18(34)11-33(15)24(38)31-16-2-4-19(20(27)10-16)26(28,29)30/h2,4,10,15,17-18,21,35H,3,5-9,11-14H2,1H3,(H,31,38)/t15?,17?,18?,21-/m1/s1. The normalized spacial score (nSPS) is 28.4. The Balaban J connectivity index is 1.19. The van der Waals surface area contributed by atoms with Gasteiger partial charge < -0.3 is 29.9 Å². The van der Waals surface area contributed by atoms with Gasteiger partial charge in [-0.25, -0.2) is 4.79 Å². The summed E-state index contributed by atoms with van der Waals surface area (Å²) >= 11 is 5.76. The minimum absolute atomic E-state index is 0.00845. The molecule has 9 nitrogen and oxygen atoms in total. The summed E-state index contributed by atoms with van der Waals surface area (Å²) in [6.07, 6.45) is -1.64. The van der Waals surface area contributed by atoms with E-state index in [1.807, 2.05) is 0 Å². The zero-order valence-corrected chi connectivity index (χ0v) is 22.3. The van der Waals surface area contributed by atoms with E-state index in [0.717, 1.165) is 37.5 Å². The maximum absolute atomic E-state index is 13.4. The molecule has 39 heavy (non-hydrogen) atoms. The van der Waals surface area contributed by atoms with E-state index in [1.54, 1.807) is 16.7 Å². The molecule has 2 N–H and O–H groups in total. The molecule has 13 heteroatoms. The number of hydrogen-bond donors (Lipinski definition) is 2. The molecule has 3 unspecified atom stereocenters. The van der Waals surface area contributed by atoms with Crippen LogP contribution in [-0.2, 0) is 20.5 Å². The fraction of sp³-hybridized carbons (Fsp3) is 0.654. The van der Waals surface area contributed by atoms with Crippen molar-refractivity contribution in [2.24, 2.45) is 5.41 Å². The van der Waals surface area contributed by atoms with Crippen LogP contribution < -0.4 is 5.32 Å². The van der Waals surface area contributed by atoms with Crippen molar-refractivity contribution in [2.45, 2.75) is 69.4 Å². The SMILES string of the molecule is CC1C(=O)N2C(CCC(=O)N3CCC4(CC4)[C@H](O)C3)COCC2CN1C(=O)Nc1ccc(C(F)(F)F)c(Cl)c1. The molecule has 3 aliphatic heterocycles. The van der Waals surface area contributed by atoms with Gasteiger partial charge in [0.1, 0.15) is 6.04 Å². The highest BCUT2D eigenvalue weighted by atomic mass is 35.5. The zero-order valence-electron chi connectivity index (χ0n) is 21.5. The third-order valence-corrected chi connectivity index (χ3v) is 8.91. The van der Waals surface area contributed by atoms with Gasteiger partial charge in [0.2, 0.25) is 11.8 Å². The lowest BCUT2D eigenvalue weighted by Crippen LogP contribution is -2.68. The molecule has 4 fully saturated rings. The second-order valence-electron chi connectivity index (χ2n) is 11.0. The van der Waals surface area contributed by atoms with E-state index in [1.165, 1.54) is 4.90 Å². The Morgan fingerprint density at radius 2 is 1.95 bits per heavy atom. The van der Waals surface area contributed by atoms with Gasteiger partial charge in [-0.05, 0) is 56.2 Å². The second kappa shape index (κ2) is 10.4. The molecule has 1 saturated carbocycles. The van der Waals surface area contributed by atoms with Gasteiger partial charge in [0.05, 0.1) is 42.0 Å². The van der Waals surface area contributed by atoms with Crippen LogP contribution in [0.3, 0.4) is 0 Å². The number of likely N-dealkylation sites (tertiary alicyclic amines) is 1. The van der Waals surface area contributed by atoms with E-state index in [4.69, 9.17) is 16.3 Å². The van der Waals surface area contributed by atoms with Crippen molar-refractivity contribution in [3.8, 4) is 0 Å². The molecule has 3 saturated heterocycles. The highest BCUT2D eigenvalue weighted by Crippen LogP contribution is 2.53. The Morgan fingerprint density at radius 1 is 1.21 bits per heavy atom. The molecule has 4 amide bonds. The molecule has 214 valence electrons. The molecule has 4 aliphatic rings. The number of fused-ring (bicyclic) bond motifs is 1. The fourth-order valence-electron chi connectivity index (χ4n) is 5.97. The van der Waals surface area contributed by atoms with E-state index in [0.29, 0.717) is 19.5 Å². The minimum Gasteiger partial charge on any atom is -0.391 e. The van der Waals surface area contributed by atoms with E-state index in [9.17, 15) is 32.7 Å². The summed E-state index contributed by atoms with van der Waals surface area (Å²) in [5, 5.41) is 12.4. The topological polar surface area (TPSA) is 102 Å². The fourth-order valence-corrected chi connectivity index (χ4v) is 6.26. The number of rotatable bonds is 4. The quantitative estimate of drug-likeness (QED) is 0.576. The van der Waals surface area contributed by atoms with Crippen molar-refractivity contribution in [1.29, 1.82) is 0 Å². The number of carbonyl (C=O) groups excluding carboxylic acids is 3. The first kappa shape index (κ1) is 28.0. The van der Waals surface area contributed by atoms with Gasteiger partial charge in [-0.3, -0.25) is 9.59 Å². The first-order valence-electron chi connectivity index (χ1n) is 13.2. The Labute approximate surface area is 229 Å². The smallest absolute Gasteiger partial charge is 0.391 e. The Hall–Kier alpha value is -2.57. The number of hydrogen-bond acceptors (Lipinski definition) is 5. The molecule has 1 aromatic carbocycles. The van der Waals surface area contributed by atoms with Crippen LogP contribution in [0.5, 0.6) is 0 Å². The number of halogens is 4. The Bertz CT molecular complexity index is 1150. The number of nitrogens with one attached hydrogen (secondary N) is 1. The molecule has 1 spiro atoms. The maximum atomic E-state index is 13.4. The van der Waals surface area contributed by atoms with Crippen LogP contribution in [-0.4, -0.2) is 94.7 Å². The number of benzene rings is 1. The molecule has 1 aliphatic carbocycles. The molecule has 0 radical (unpaired) electrons. The largest absolute Gasteiger partial charge is 0.417 e. The number of anilines is 1. The van der Waals surface area contributed by atoms with Gasteiger partial charge in [0, 0.05) is 31.7 Å². The number of amides is 4. The number of urea groups is 1. The predicted molar refractivity (Wildman–Crippen MR) is 135 cm³/mol. The number of morpholine rings is 1.